The van der Waals surface area contributed by atoms with Crippen LogP contribution in [0.3, 0.4) is 0 Å². The number of halogens is 1. The van der Waals surface area contributed by atoms with Crippen molar-refractivity contribution in [2.45, 2.75) is 74.3 Å². The van der Waals surface area contributed by atoms with E-state index in [4.69, 9.17) is 0 Å². The molecule has 2 aliphatic carbocycles. The molecule has 0 spiro atoms. The highest BCUT2D eigenvalue weighted by molar-refractivity contribution is 14.1. The van der Waals surface area contributed by atoms with E-state index in [2.05, 4.69) is 40.1 Å². The summed E-state index contributed by atoms with van der Waals surface area (Å²) in [6, 6.07) is 4.12. The van der Waals surface area contributed by atoms with E-state index >= 15 is 0 Å². The van der Waals surface area contributed by atoms with Crippen LogP contribution in [0.1, 0.15) is 77.6 Å². The van der Waals surface area contributed by atoms with Gasteiger partial charge in [0.05, 0.1) is 9.75 Å². The van der Waals surface area contributed by atoms with Crippen LogP contribution >= 0.6 is 33.9 Å². The molecule has 0 bridgehead atoms. The number of alkyl halides is 1. The van der Waals surface area contributed by atoms with Gasteiger partial charge in [-0.15, -0.1) is 11.3 Å². The molecule has 3 rings (SSSR count). The van der Waals surface area contributed by atoms with Gasteiger partial charge in [0, 0.05) is 16.0 Å². The van der Waals surface area contributed by atoms with Gasteiger partial charge < -0.3 is 10.6 Å². The molecule has 1 heterocycles. The van der Waals surface area contributed by atoms with Crippen LogP contribution in [0, 0.1) is 5.92 Å². The summed E-state index contributed by atoms with van der Waals surface area (Å²) in [6.45, 7) is 2.27. The van der Waals surface area contributed by atoms with Crippen LogP contribution in [0.2, 0.25) is 0 Å². The van der Waals surface area contributed by atoms with Gasteiger partial charge in [0.15, 0.2) is 0 Å². The fraction of sp³-hybridized carbons (Fsp3) is 0.684. The van der Waals surface area contributed by atoms with Gasteiger partial charge in [-0.25, -0.2) is 0 Å². The number of amides is 2. The van der Waals surface area contributed by atoms with E-state index < -0.39 is 0 Å². The van der Waals surface area contributed by atoms with E-state index in [1.54, 1.807) is 12.1 Å². The highest BCUT2D eigenvalue weighted by atomic mass is 127. The lowest BCUT2D eigenvalue weighted by molar-refractivity contribution is 0.0922. The summed E-state index contributed by atoms with van der Waals surface area (Å²) >= 11 is 3.79. The second-order valence-electron chi connectivity index (χ2n) is 7.52. The van der Waals surface area contributed by atoms with Crippen LogP contribution in [0.25, 0.3) is 0 Å². The lowest BCUT2D eigenvalue weighted by Crippen LogP contribution is -2.37. The van der Waals surface area contributed by atoms with Gasteiger partial charge in [0.2, 0.25) is 0 Å². The van der Waals surface area contributed by atoms with Crippen LogP contribution in [0.15, 0.2) is 12.1 Å². The first-order chi connectivity index (χ1) is 12.0. The topological polar surface area (TPSA) is 58.2 Å². The Morgan fingerprint density at radius 2 is 1.32 bits per heavy atom. The SMILES string of the molecule is CC1CCC(NC(=O)c2ccc(C(=O)NC3CCC(I)CC3)s2)CC1. The summed E-state index contributed by atoms with van der Waals surface area (Å²) in [5.74, 6) is 0.703. The van der Waals surface area contributed by atoms with E-state index in [0.29, 0.717) is 9.75 Å². The third-order valence-corrected chi connectivity index (χ3v) is 7.73. The quantitative estimate of drug-likeness (QED) is 0.498. The molecule has 6 heteroatoms. The summed E-state index contributed by atoms with van der Waals surface area (Å²) < 4.78 is 0.741. The van der Waals surface area contributed by atoms with Crippen molar-refractivity contribution in [1.82, 2.24) is 10.6 Å². The Labute approximate surface area is 167 Å². The smallest absolute Gasteiger partial charge is 0.261 e. The molecule has 0 saturated heterocycles. The molecule has 2 saturated carbocycles. The van der Waals surface area contributed by atoms with E-state index in [0.717, 1.165) is 35.5 Å². The zero-order chi connectivity index (χ0) is 17.8. The zero-order valence-corrected chi connectivity index (χ0v) is 17.7. The molecule has 0 aliphatic heterocycles. The number of thiophene rings is 1. The number of hydrogen-bond acceptors (Lipinski definition) is 3. The summed E-state index contributed by atoms with van der Waals surface area (Å²) in [7, 11) is 0. The number of carbonyl (C=O) groups is 2. The molecule has 0 aromatic carbocycles. The van der Waals surface area contributed by atoms with Crippen LogP contribution in [-0.4, -0.2) is 27.8 Å². The van der Waals surface area contributed by atoms with Crippen molar-refractivity contribution in [3.8, 4) is 0 Å². The van der Waals surface area contributed by atoms with Crippen molar-refractivity contribution in [3.05, 3.63) is 21.9 Å². The van der Waals surface area contributed by atoms with Gasteiger partial charge in [-0.2, -0.15) is 0 Å². The zero-order valence-electron chi connectivity index (χ0n) is 14.7. The molecule has 2 N–H and O–H groups in total. The Morgan fingerprint density at radius 3 is 1.80 bits per heavy atom. The standard InChI is InChI=1S/C19H27IN2O2S/c1-12-2-6-14(7-3-12)21-18(23)16-10-11-17(25-16)19(24)22-15-8-4-13(20)5-9-15/h10-15H,2-9H2,1H3,(H,21,23)(H,22,24). The van der Waals surface area contributed by atoms with Crippen molar-refractivity contribution in [2.24, 2.45) is 5.92 Å². The largest absolute Gasteiger partial charge is 0.349 e. The maximum absolute atomic E-state index is 12.4. The summed E-state index contributed by atoms with van der Waals surface area (Å²) in [5, 5.41) is 6.26. The molecule has 25 heavy (non-hydrogen) atoms. The molecule has 2 amide bonds. The number of nitrogens with one attached hydrogen (secondary N) is 2. The molecule has 0 atom stereocenters. The first kappa shape index (κ1) is 19.1. The van der Waals surface area contributed by atoms with E-state index in [-0.39, 0.29) is 23.9 Å². The molecule has 2 fully saturated rings. The number of rotatable bonds is 4. The maximum Gasteiger partial charge on any atom is 0.261 e. The molecule has 1 aromatic rings. The summed E-state index contributed by atoms with van der Waals surface area (Å²) in [5.41, 5.74) is 0. The van der Waals surface area contributed by atoms with Crippen LogP contribution in [0.4, 0.5) is 0 Å². The van der Waals surface area contributed by atoms with Gasteiger partial charge in [-0.1, -0.05) is 29.5 Å². The normalized spacial score (nSPS) is 29.8. The van der Waals surface area contributed by atoms with Gasteiger partial charge in [0.25, 0.3) is 11.8 Å². The van der Waals surface area contributed by atoms with Crippen molar-refractivity contribution in [2.75, 3.05) is 0 Å². The number of hydrogen-bond donors (Lipinski definition) is 2. The average molecular weight is 474 g/mol. The highest BCUT2D eigenvalue weighted by Gasteiger charge is 2.24. The Kier molecular flexibility index (Phi) is 6.77. The van der Waals surface area contributed by atoms with Crippen LogP contribution in [0.5, 0.6) is 0 Å². The molecule has 2 aliphatic rings. The van der Waals surface area contributed by atoms with E-state index in [9.17, 15) is 9.59 Å². The minimum atomic E-state index is -0.0348. The third-order valence-electron chi connectivity index (χ3n) is 5.40. The second kappa shape index (κ2) is 8.84. The van der Waals surface area contributed by atoms with Crippen molar-refractivity contribution in [1.29, 1.82) is 0 Å². The van der Waals surface area contributed by atoms with Crippen molar-refractivity contribution < 1.29 is 9.59 Å². The molecule has 1 aromatic heterocycles. The minimum Gasteiger partial charge on any atom is -0.349 e. The van der Waals surface area contributed by atoms with Crippen molar-refractivity contribution >= 4 is 45.7 Å². The molecule has 0 radical (unpaired) electrons. The predicted octanol–water partition coefficient (Wildman–Crippen LogP) is 4.53. The van der Waals surface area contributed by atoms with E-state index in [1.165, 1.54) is 37.0 Å². The third kappa shape index (κ3) is 5.42. The summed E-state index contributed by atoms with van der Waals surface area (Å²) in [4.78, 5) is 26.1. The first-order valence-corrected chi connectivity index (χ1v) is 11.4. The Bertz CT molecular complexity index is 552. The Balaban J connectivity index is 1.51. The summed E-state index contributed by atoms with van der Waals surface area (Å²) in [6.07, 6.45) is 8.94. The molecular weight excluding hydrogens is 447 g/mol. The van der Waals surface area contributed by atoms with Crippen LogP contribution < -0.4 is 10.6 Å². The number of carbonyl (C=O) groups excluding carboxylic acids is 2. The minimum absolute atomic E-state index is 0.0333. The van der Waals surface area contributed by atoms with Crippen molar-refractivity contribution in [3.63, 3.8) is 0 Å². The van der Waals surface area contributed by atoms with Gasteiger partial charge in [-0.05, 0) is 69.4 Å². The maximum atomic E-state index is 12.4. The van der Waals surface area contributed by atoms with Gasteiger partial charge in [-0.3, -0.25) is 9.59 Å². The fourth-order valence-corrected chi connectivity index (χ4v) is 5.23. The van der Waals surface area contributed by atoms with Gasteiger partial charge >= 0.3 is 0 Å². The molecule has 0 unspecified atom stereocenters. The monoisotopic (exact) mass is 474 g/mol. The van der Waals surface area contributed by atoms with Gasteiger partial charge in [0.1, 0.15) is 0 Å². The fourth-order valence-electron chi connectivity index (χ4n) is 3.70. The molecule has 138 valence electrons. The Hall–Kier alpha value is -0.630. The lowest BCUT2D eigenvalue weighted by Gasteiger charge is -2.26. The second-order valence-corrected chi connectivity index (χ2v) is 10.4. The first-order valence-electron chi connectivity index (χ1n) is 9.37. The lowest BCUT2D eigenvalue weighted by atomic mass is 9.87. The average Bonchev–Trinajstić information content (AvgIpc) is 3.09. The molecular formula is C19H27IN2O2S. The predicted molar refractivity (Wildman–Crippen MR) is 111 cm³/mol. The Morgan fingerprint density at radius 1 is 0.880 bits per heavy atom. The van der Waals surface area contributed by atoms with E-state index in [1.807, 2.05) is 0 Å². The molecule has 4 nitrogen and oxygen atoms in total. The van der Waals surface area contributed by atoms with Crippen LogP contribution in [-0.2, 0) is 0 Å². The highest BCUT2D eigenvalue weighted by Crippen LogP contribution is 2.26.